The molecule has 45 heavy (non-hydrogen) atoms. The van der Waals surface area contributed by atoms with Gasteiger partial charge in [0.05, 0.1) is 16.3 Å². The van der Waals surface area contributed by atoms with Gasteiger partial charge in [0.1, 0.15) is 12.0 Å². The third-order valence-electron chi connectivity index (χ3n) is 8.77. The highest BCUT2D eigenvalue weighted by molar-refractivity contribution is 7.90. The van der Waals surface area contributed by atoms with E-state index in [0.717, 1.165) is 67.8 Å². The molecular weight excluding hydrogens is 607 g/mol. The van der Waals surface area contributed by atoms with Crippen LogP contribution in [0.15, 0.2) is 87.0 Å². The molecule has 0 aliphatic carbocycles. The molecule has 5 rings (SSSR count). The smallest absolute Gasteiger partial charge is 0.283 e. The number of sulfonamides is 2. The van der Waals surface area contributed by atoms with Crippen LogP contribution in [0.4, 0.5) is 5.69 Å². The van der Waals surface area contributed by atoms with Gasteiger partial charge >= 0.3 is 0 Å². The first-order valence-corrected chi connectivity index (χ1v) is 18.7. The van der Waals surface area contributed by atoms with E-state index < -0.39 is 26.2 Å². The minimum atomic E-state index is -4.06. The van der Waals surface area contributed by atoms with Gasteiger partial charge in [0, 0.05) is 31.9 Å². The van der Waals surface area contributed by atoms with Crippen molar-refractivity contribution >= 4 is 31.6 Å². The fourth-order valence-corrected chi connectivity index (χ4v) is 8.75. The maximum atomic E-state index is 14.2. The van der Waals surface area contributed by atoms with Gasteiger partial charge in [-0.1, -0.05) is 53.9 Å². The summed E-state index contributed by atoms with van der Waals surface area (Å²) in [5.41, 5.74) is 3.73. The summed E-state index contributed by atoms with van der Waals surface area (Å²) in [6, 6.07) is 21.5. The Morgan fingerprint density at radius 2 is 1.29 bits per heavy atom. The van der Waals surface area contributed by atoms with Crippen LogP contribution < -0.4 is 4.90 Å². The molecule has 2 fully saturated rings. The molecule has 2 heterocycles. The van der Waals surface area contributed by atoms with Crippen molar-refractivity contribution < 1.29 is 16.8 Å². The summed E-state index contributed by atoms with van der Waals surface area (Å²) in [4.78, 5) is 6.67. The average Bonchev–Trinajstić information content (AvgIpc) is 3.49. The van der Waals surface area contributed by atoms with E-state index in [0.29, 0.717) is 18.9 Å². The number of hydrogen-bond acceptors (Lipinski definition) is 6. The molecule has 242 valence electrons. The summed E-state index contributed by atoms with van der Waals surface area (Å²) in [6.07, 6.45) is 2.43. The van der Waals surface area contributed by atoms with Crippen LogP contribution in [0.3, 0.4) is 0 Å². The van der Waals surface area contributed by atoms with Crippen LogP contribution in [0, 0.1) is 13.8 Å². The predicted molar refractivity (Wildman–Crippen MR) is 181 cm³/mol. The SMILES string of the molecule is CCN(CC)c1ccc([C@@H]2N(C(CN3CCCCC3)=NS(=O)(=O)c3ccc(C)cc3)CCN2S(=O)(=O)c2ccc(C)cc2)cc1. The largest absolute Gasteiger partial charge is 0.372 e. The van der Waals surface area contributed by atoms with Crippen LogP contribution in [-0.4, -0.2) is 82.6 Å². The Bertz CT molecular complexity index is 1680. The molecule has 3 aromatic carbocycles. The standard InChI is InChI=1S/C34H45N5O4S2/c1-5-37(6-2)30-16-14-29(15-17-30)34-38(24-25-39(34)45(42,43)32-20-12-28(4)13-21-32)33(26-36-22-8-7-9-23-36)35-44(40,41)31-18-10-27(3)11-19-31/h10-21,34H,5-9,22-26H2,1-4H3/t34-/m1/s1. The Hall–Kier alpha value is -3.25. The fraction of sp³-hybridized carbons (Fsp3) is 0.441. The van der Waals surface area contributed by atoms with Crippen molar-refractivity contribution in [1.29, 1.82) is 0 Å². The summed E-state index contributed by atoms with van der Waals surface area (Å²) in [5.74, 6) is 0.358. The highest BCUT2D eigenvalue weighted by Gasteiger charge is 2.43. The number of aryl methyl sites for hydroxylation is 2. The van der Waals surface area contributed by atoms with Crippen LogP contribution in [0.1, 0.15) is 56.0 Å². The third-order valence-corrected chi connectivity index (χ3v) is 12.0. The maximum absolute atomic E-state index is 14.2. The predicted octanol–water partition coefficient (Wildman–Crippen LogP) is 5.43. The lowest BCUT2D eigenvalue weighted by molar-refractivity contribution is 0.235. The molecule has 0 radical (unpaired) electrons. The Labute approximate surface area is 269 Å². The number of amidine groups is 1. The van der Waals surface area contributed by atoms with E-state index in [1.165, 1.54) is 4.31 Å². The van der Waals surface area contributed by atoms with Gasteiger partial charge in [-0.25, -0.2) is 8.42 Å². The molecule has 0 saturated carbocycles. The number of anilines is 1. The van der Waals surface area contributed by atoms with Crippen molar-refractivity contribution in [3.05, 3.63) is 89.5 Å². The van der Waals surface area contributed by atoms with Crippen molar-refractivity contribution in [2.75, 3.05) is 50.7 Å². The van der Waals surface area contributed by atoms with Gasteiger partial charge in [-0.2, -0.15) is 12.7 Å². The van der Waals surface area contributed by atoms with Crippen LogP contribution >= 0.6 is 0 Å². The number of likely N-dealkylation sites (tertiary alicyclic amines) is 1. The average molecular weight is 652 g/mol. The summed E-state index contributed by atoms with van der Waals surface area (Å²) >= 11 is 0. The van der Waals surface area contributed by atoms with Crippen molar-refractivity contribution in [1.82, 2.24) is 14.1 Å². The topological polar surface area (TPSA) is 93.6 Å². The van der Waals surface area contributed by atoms with E-state index in [-0.39, 0.29) is 16.3 Å². The molecular formula is C34H45N5O4S2. The Morgan fingerprint density at radius 3 is 1.84 bits per heavy atom. The summed E-state index contributed by atoms with van der Waals surface area (Å²) in [7, 11) is -7.99. The molecule has 0 N–H and O–H groups in total. The minimum Gasteiger partial charge on any atom is -0.372 e. The number of rotatable bonds is 10. The van der Waals surface area contributed by atoms with Gasteiger partial charge in [0.2, 0.25) is 10.0 Å². The molecule has 0 unspecified atom stereocenters. The van der Waals surface area contributed by atoms with Crippen LogP contribution in [0.2, 0.25) is 0 Å². The Balaban J connectivity index is 1.62. The second-order valence-electron chi connectivity index (χ2n) is 11.9. The molecule has 0 aromatic heterocycles. The van der Waals surface area contributed by atoms with Gasteiger partial charge in [-0.05, 0) is 95.6 Å². The normalized spacial score (nSPS) is 18.8. The van der Waals surface area contributed by atoms with E-state index >= 15 is 0 Å². The van der Waals surface area contributed by atoms with E-state index in [1.54, 1.807) is 48.5 Å². The fourth-order valence-electron chi connectivity index (χ4n) is 6.16. The number of benzene rings is 3. The lowest BCUT2D eigenvalue weighted by Gasteiger charge is -2.35. The van der Waals surface area contributed by atoms with Crippen molar-refractivity contribution in [2.45, 2.75) is 62.9 Å². The first-order chi connectivity index (χ1) is 21.5. The van der Waals surface area contributed by atoms with Gasteiger partial charge in [0.25, 0.3) is 10.0 Å². The quantitative estimate of drug-likeness (QED) is 0.213. The zero-order chi connectivity index (χ0) is 32.2. The molecule has 0 spiro atoms. The van der Waals surface area contributed by atoms with Crippen LogP contribution in [-0.2, 0) is 20.0 Å². The molecule has 2 aliphatic heterocycles. The van der Waals surface area contributed by atoms with Crippen LogP contribution in [0.5, 0.6) is 0 Å². The number of nitrogens with zero attached hydrogens (tertiary/aromatic N) is 5. The lowest BCUT2D eigenvalue weighted by Crippen LogP contribution is -2.44. The van der Waals surface area contributed by atoms with Gasteiger partial charge < -0.3 is 9.80 Å². The van der Waals surface area contributed by atoms with Crippen molar-refractivity contribution in [2.24, 2.45) is 4.40 Å². The Morgan fingerprint density at radius 1 is 0.733 bits per heavy atom. The summed E-state index contributed by atoms with van der Waals surface area (Å²) in [6.45, 7) is 12.2. The van der Waals surface area contributed by atoms with Gasteiger partial charge in [-0.3, -0.25) is 4.90 Å². The summed E-state index contributed by atoms with van der Waals surface area (Å²) < 4.78 is 61.9. The monoisotopic (exact) mass is 651 g/mol. The molecule has 2 aliphatic rings. The van der Waals surface area contributed by atoms with Crippen molar-refractivity contribution in [3.8, 4) is 0 Å². The van der Waals surface area contributed by atoms with E-state index in [1.807, 2.05) is 43.0 Å². The third kappa shape index (κ3) is 7.43. The lowest BCUT2D eigenvalue weighted by atomic mass is 10.1. The Kier molecular flexibility index (Phi) is 10.3. The van der Waals surface area contributed by atoms with Crippen molar-refractivity contribution in [3.63, 3.8) is 0 Å². The zero-order valence-corrected chi connectivity index (χ0v) is 28.4. The molecule has 0 amide bonds. The molecule has 1 atom stereocenters. The highest BCUT2D eigenvalue weighted by atomic mass is 32.2. The first kappa shape index (κ1) is 33.1. The molecule has 9 nitrogen and oxygen atoms in total. The minimum absolute atomic E-state index is 0.118. The van der Waals surface area contributed by atoms with E-state index in [2.05, 4.69) is 28.0 Å². The van der Waals surface area contributed by atoms with Gasteiger partial charge in [0.15, 0.2) is 0 Å². The second kappa shape index (κ2) is 14.0. The summed E-state index contributed by atoms with van der Waals surface area (Å²) in [5, 5.41) is 0. The highest BCUT2D eigenvalue weighted by Crippen LogP contribution is 2.37. The second-order valence-corrected chi connectivity index (χ2v) is 15.4. The number of piperidine rings is 1. The molecule has 11 heteroatoms. The van der Waals surface area contributed by atoms with E-state index in [4.69, 9.17) is 0 Å². The zero-order valence-electron chi connectivity index (χ0n) is 26.8. The number of hydrogen-bond donors (Lipinski definition) is 0. The van der Waals surface area contributed by atoms with Gasteiger partial charge in [-0.15, -0.1) is 4.40 Å². The molecule has 3 aromatic rings. The molecule has 0 bridgehead atoms. The van der Waals surface area contributed by atoms with Crippen LogP contribution in [0.25, 0.3) is 0 Å². The molecule has 2 saturated heterocycles. The first-order valence-electron chi connectivity index (χ1n) is 15.9. The van der Waals surface area contributed by atoms with E-state index in [9.17, 15) is 16.8 Å². The maximum Gasteiger partial charge on any atom is 0.283 e.